The van der Waals surface area contributed by atoms with Crippen LogP contribution in [0.2, 0.25) is 5.02 Å². The number of nitrogens with zero attached hydrogens (tertiary/aromatic N) is 1. The molecule has 1 unspecified atom stereocenters. The number of Topliss-reactive ketones (excluding diaryl/α,β-unsaturated/α-hetero) is 1. The highest BCUT2D eigenvalue weighted by Crippen LogP contribution is 2.31. The molecule has 0 spiro atoms. The molecule has 0 radical (unpaired) electrons. The quantitative estimate of drug-likeness (QED) is 0.473. The molecule has 0 aromatic heterocycles. The van der Waals surface area contributed by atoms with E-state index in [-0.39, 0.29) is 0 Å². The lowest BCUT2D eigenvalue weighted by Gasteiger charge is -2.12. The Labute approximate surface area is 107 Å². The van der Waals surface area contributed by atoms with Crippen molar-refractivity contribution in [3.63, 3.8) is 0 Å². The highest BCUT2D eigenvalue weighted by atomic mass is 35.5. The lowest BCUT2D eigenvalue weighted by Crippen LogP contribution is -2.23. The maximum Gasteiger partial charge on any atom is 0.302 e. The lowest BCUT2D eigenvalue weighted by molar-refractivity contribution is -0.139. The van der Waals surface area contributed by atoms with Crippen molar-refractivity contribution >= 4 is 46.8 Å². The number of hydrogen-bond donors (Lipinski definition) is 0. The summed E-state index contributed by atoms with van der Waals surface area (Å²) in [5, 5.41) is 0.635. The Balaban J connectivity index is 2.09. The number of hydrogen-bond acceptors (Lipinski definition) is 3. The minimum atomic E-state index is -0.792. The van der Waals surface area contributed by atoms with Crippen molar-refractivity contribution in [1.82, 2.24) is 4.31 Å². The standard InChI is InChI=1S/C10H7Cl2NO2S/c11-7-3-1-6(2-4-7)5-13-10(15)8(14)9(12)16-13/h1-4,9H,5H2. The third-order valence-corrected chi connectivity index (χ3v) is 3.74. The Morgan fingerprint density at radius 2 is 1.88 bits per heavy atom. The number of carbonyl (C=O) groups is 2. The van der Waals surface area contributed by atoms with Crippen LogP contribution in [0.15, 0.2) is 24.3 Å². The van der Waals surface area contributed by atoms with Crippen LogP contribution in [-0.2, 0) is 16.1 Å². The average molecular weight is 276 g/mol. The minimum Gasteiger partial charge on any atom is -0.286 e. The van der Waals surface area contributed by atoms with Gasteiger partial charge in [0, 0.05) is 5.02 Å². The van der Waals surface area contributed by atoms with Crippen LogP contribution < -0.4 is 0 Å². The van der Waals surface area contributed by atoms with Crippen LogP contribution in [0, 0.1) is 0 Å². The van der Waals surface area contributed by atoms with Gasteiger partial charge >= 0.3 is 5.91 Å². The Morgan fingerprint density at radius 1 is 1.25 bits per heavy atom. The molecule has 1 saturated heterocycles. The molecule has 1 aliphatic heterocycles. The van der Waals surface area contributed by atoms with Crippen LogP contribution >= 0.6 is 35.1 Å². The van der Waals surface area contributed by atoms with Gasteiger partial charge in [-0.05, 0) is 29.6 Å². The zero-order valence-corrected chi connectivity index (χ0v) is 10.4. The summed E-state index contributed by atoms with van der Waals surface area (Å²) in [6, 6.07) is 7.09. The van der Waals surface area contributed by atoms with Gasteiger partial charge < -0.3 is 0 Å². The van der Waals surface area contributed by atoms with Crippen molar-refractivity contribution < 1.29 is 9.59 Å². The summed E-state index contributed by atoms with van der Waals surface area (Å²) in [5.41, 5.74) is 0.906. The Morgan fingerprint density at radius 3 is 2.38 bits per heavy atom. The van der Waals surface area contributed by atoms with Crippen molar-refractivity contribution in [1.29, 1.82) is 0 Å². The highest BCUT2D eigenvalue weighted by molar-refractivity contribution is 8.01. The number of alkyl halides is 1. The normalized spacial score (nSPS) is 20.6. The summed E-state index contributed by atoms with van der Waals surface area (Å²) in [6.07, 6.45) is 0. The predicted molar refractivity (Wildman–Crippen MR) is 64.2 cm³/mol. The molecule has 3 nitrogen and oxygen atoms in total. The molecule has 1 aromatic carbocycles. The second-order valence-electron chi connectivity index (χ2n) is 3.25. The van der Waals surface area contributed by atoms with Crippen LogP contribution in [0.4, 0.5) is 0 Å². The van der Waals surface area contributed by atoms with E-state index in [2.05, 4.69) is 0 Å². The first-order valence-corrected chi connectivity index (χ1v) is 6.14. The highest BCUT2D eigenvalue weighted by Gasteiger charge is 2.38. The molecule has 0 saturated carbocycles. The molecule has 84 valence electrons. The topological polar surface area (TPSA) is 37.4 Å². The van der Waals surface area contributed by atoms with Gasteiger partial charge in [-0.3, -0.25) is 13.9 Å². The molecule has 1 atom stereocenters. The number of amides is 1. The van der Waals surface area contributed by atoms with E-state index in [1.807, 2.05) is 12.1 Å². The molecule has 0 N–H and O–H groups in total. The van der Waals surface area contributed by atoms with Gasteiger partial charge in [-0.25, -0.2) is 0 Å². The number of carbonyl (C=O) groups excluding carboxylic acids is 2. The molecule has 1 aromatic rings. The molecular weight excluding hydrogens is 269 g/mol. The van der Waals surface area contributed by atoms with Crippen molar-refractivity contribution in [2.75, 3.05) is 0 Å². The van der Waals surface area contributed by atoms with Crippen molar-refractivity contribution in [2.24, 2.45) is 0 Å². The minimum absolute atomic E-state index is 0.357. The Bertz CT molecular complexity index is 435. The second kappa shape index (κ2) is 4.65. The van der Waals surface area contributed by atoms with Crippen LogP contribution in [0.1, 0.15) is 5.56 Å². The van der Waals surface area contributed by atoms with Crippen molar-refractivity contribution in [3.05, 3.63) is 34.9 Å². The fourth-order valence-electron chi connectivity index (χ4n) is 1.29. The predicted octanol–water partition coefficient (Wildman–Crippen LogP) is 2.46. The first-order chi connectivity index (χ1) is 7.58. The molecule has 1 amide bonds. The van der Waals surface area contributed by atoms with Gasteiger partial charge in [-0.15, -0.1) is 0 Å². The van der Waals surface area contributed by atoms with Crippen LogP contribution in [0.5, 0.6) is 0 Å². The monoisotopic (exact) mass is 275 g/mol. The summed E-state index contributed by atoms with van der Waals surface area (Å²) >= 11 is 12.5. The third-order valence-electron chi connectivity index (χ3n) is 2.10. The Kier molecular flexibility index (Phi) is 3.42. The van der Waals surface area contributed by atoms with Crippen LogP contribution in [-0.4, -0.2) is 20.7 Å². The van der Waals surface area contributed by atoms with Gasteiger partial charge in [-0.1, -0.05) is 35.3 Å². The summed E-state index contributed by atoms with van der Waals surface area (Å²) in [6.45, 7) is 0.357. The third kappa shape index (κ3) is 2.34. The molecule has 16 heavy (non-hydrogen) atoms. The molecule has 1 fully saturated rings. The zero-order chi connectivity index (χ0) is 11.7. The molecule has 6 heteroatoms. The summed E-state index contributed by atoms with van der Waals surface area (Å²) < 4.78 is 0.572. The number of rotatable bonds is 2. The maximum absolute atomic E-state index is 11.4. The number of halogens is 2. The zero-order valence-electron chi connectivity index (χ0n) is 8.02. The van der Waals surface area contributed by atoms with Crippen molar-refractivity contribution in [2.45, 2.75) is 11.3 Å². The summed E-state index contributed by atoms with van der Waals surface area (Å²) in [7, 11) is 0. The second-order valence-corrected chi connectivity index (χ2v) is 5.51. The van der Waals surface area contributed by atoms with E-state index in [9.17, 15) is 9.59 Å². The van der Waals surface area contributed by atoms with Gasteiger partial charge in [0.2, 0.25) is 0 Å². The summed E-state index contributed by atoms with van der Waals surface area (Å²) in [5.74, 6) is -1.10. The molecule has 2 rings (SSSR count). The van der Waals surface area contributed by atoms with Crippen LogP contribution in [0.3, 0.4) is 0 Å². The summed E-state index contributed by atoms with van der Waals surface area (Å²) in [4.78, 5) is 22.6. The van der Waals surface area contributed by atoms with E-state index in [4.69, 9.17) is 23.2 Å². The van der Waals surface area contributed by atoms with E-state index in [1.54, 1.807) is 12.1 Å². The molecule has 0 aliphatic carbocycles. The van der Waals surface area contributed by atoms with Gasteiger partial charge in [0.15, 0.2) is 4.71 Å². The van der Waals surface area contributed by atoms with Gasteiger partial charge in [0.1, 0.15) is 0 Å². The number of ketones is 1. The SMILES string of the molecule is O=C1C(=O)N(Cc2ccc(Cl)cc2)SC1Cl. The molecule has 1 aliphatic rings. The van der Waals surface area contributed by atoms with E-state index in [0.29, 0.717) is 11.6 Å². The van der Waals surface area contributed by atoms with Crippen molar-refractivity contribution in [3.8, 4) is 0 Å². The Hall–Kier alpha value is -0.710. The molecular formula is C10H7Cl2NO2S. The van der Waals surface area contributed by atoms with Gasteiger partial charge in [0.05, 0.1) is 6.54 Å². The fourth-order valence-corrected chi connectivity index (χ4v) is 2.63. The molecule has 1 heterocycles. The number of benzene rings is 1. The van der Waals surface area contributed by atoms with E-state index >= 15 is 0 Å². The fraction of sp³-hybridized carbons (Fsp3) is 0.200. The average Bonchev–Trinajstić information content (AvgIpc) is 2.50. The lowest BCUT2D eigenvalue weighted by atomic mass is 10.2. The van der Waals surface area contributed by atoms with Gasteiger partial charge in [-0.2, -0.15) is 0 Å². The smallest absolute Gasteiger partial charge is 0.286 e. The van der Waals surface area contributed by atoms with E-state index in [0.717, 1.165) is 17.5 Å². The molecule has 0 bridgehead atoms. The first kappa shape index (κ1) is 11.8. The first-order valence-electron chi connectivity index (χ1n) is 4.49. The largest absolute Gasteiger partial charge is 0.302 e. The van der Waals surface area contributed by atoms with Crippen LogP contribution in [0.25, 0.3) is 0 Å². The van der Waals surface area contributed by atoms with E-state index < -0.39 is 16.4 Å². The maximum atomic E-state index is 11.4. The van der Waals surface area contributed by atoms with E-state index in [1.165, 1.54) is 4.31 Å². The van der Waals surface area contributed by atoms with Gasteiger partial charge in [0.25, 0.3) is 5.78 Å².